The zero-order valence-electron chi connectivity index (χ0n) is 8.13. The highest BCUT2D eigenvalue weighted by molar-refractivity contribution is 9.10. The lowest BCUT2D eigenvalue weighted by atomic mass is 10.2. The molecular weight excluding hydrogens is 240 g/mol. The molecule has 2 nitrogen and oxygen atoms in total. The Balaban J connectivity index is 2.27. The molecule has 1 saturated carbocycles. The molecule has 1 aliphatic rings. The Labute approximate surface area is 92.4 Å². The summed E-state index contributed by atoms with van der Waals surface area (Å²) in [4.78, 5) is 4.41. The number of nitrogens with two attached hydrogens (primary N) is 1. The van der Waals surface area contributed by atoms with Gasteiger partial charge >= 0.3 is 0 Å². The molecule has 0 amide bonds. The summed E-state index contributed by atoms with van der Waals surface area (Å²) in [5, 5.41) is 0. The minimum Gasteiger partial charge on any atom is -0.387 e. The number of hydrogen-bond donors (Lipinski definition) is 1. The van der Waals surface area contributed by atoms with Crippen LogP contribution in [0, 0.1) is 12.8 Å². The Hall–Kier alpha value is -0.830. The Morgan fingerprint density at radius 3 is 2.71 bits per heavy atom. The van der Waals surface area contributed by atoms with E-state index in [0.29, 0.717) is 5.92 Å². The van der Waals surface area contributed by atoms with Crippen molar-refractivity contribution in [2.45, 2.75) is 19.8 Å². The molecule has 0 spiro atoms. The molecule has 74 valence electrons. The van der Waals surface area contributed by atoms with Crippen molar-refractivity contribution in [3.63, 3.8) is 0 Å². The minimum absolute atomic E-state index is 0.536. The molecule has 1 fully saturated rings. The van der Waals surface area contributed by atoms with Crippen molar-refractivity contribution in [3.8, 4) is 0 Å². The van der Waals surface area contributed by atoms with Crippen LogP contribution in [0.3, 0.4) is 0 Å². The number of aliphatic imine (C=N–C) groups is 1. The highest BCUT2D eigenvalue weighted by Gasteiger charge is 2.25. The second-order valence-corrected chi connectivity index (χ2v) is 4.71. The van der Waals surface area contributed by atoms with Gasteiger partial charge in [0.05, 0.1) is 5.69 Å². The van der Waals surface area contributed by atoms with E-state index in [4.69, 9.17) is 5.73 Å². The van der Waals surface area contributed by atoms with Gasteiger partial charge in [-0.15, -0.1) is 0 Å². The standard InChI is InChI=1S/C11H13BrN2/c1-7-4-9(12)6-10(5-7)14-11(13)8-2-3-8/h4-6,8H,2-3H2,1H3,(H2,13,14). The van der Waals surface area contributed by atoms with Crippen LogP contribution >= 0.6 is 15.9 Å². The highest BCUT2D eigenvalue weighted by atomic mass is 79.9. The number of halogens is 1. The molecule has 0 atom stereocenters. The molecule has 2 rings (SSSR count). The van der Waals surface area contributed by atoms with Crippen LogP contribution in [0.2, 0.25) is 0 Å². The van der Waals surface area contributed by atoms with Gasteiger partial charge < -0.3 is 5.73 Å². The molecule has 1 aromatic carbocycles. The topological polar surface area (TPSA) is 38.4 Å². The van der Waals surface area contributed by atoms with E-state index in [1.807, 2.05) is 12.1 Å². The molecule has 0 unspecified atom stereocenters. The third-order valence-electron chi connectivity index (χ3n) is 2.28. The van der Waals surface area contributed by atoms with Crippen molar-refractivity contribution >= 4 is 27.5 Å². The zero-order valence-corrected chi connectivity index (χ0v) is 9.71. The number of nitrogens with zero attached hydrogens (tertiary/aromatic N) is 1. The van der Waals surface area contributed by atoms with Crippen LogP contribution in [0.5, 0.6) is 0 Å². The molecule has 0 bridgehead atoms. The second-order valence-electron chi connectivity index (χ2n) is 3.80. The summed E-state index contributed by atoms with van der Waals surface area (Å²) in [6, 6.07) is 6.09. The fourth-order valence-corrected chi connectivity index (χ4v) is 2.00. The molecule has 0 heterocycles. The van der Waals surface area contributed by atoms with Crippen molar-refractivity contribution in [3.05, 3.63) is 28.2 Å². The summed E-state index contributed by atoms with van der Waals surface area (Å²) in [7, 11) is 0. The zero-order chi connectivity index (χ0) is 10.1. The number of benzene rings is 1. The van der Waals surface area contributed by atoms with E-state index in [2.05, 4.69) is 33.9 Å². The molecule has 14 heavy (non-hydrogen) atoms. The third kappa shape index (κ3) is 2.35. The summed E-state index contributed by atoms with van der Waals surface area (Å²) >= 11 is 3.45. The monoisotopic (exact) mass is 252 g/mol. The smallest absolute Gasteiger partial charge is 0.103 e. The van der Waals surface area contributed by atoms with Crippen molar-refractivity contribution in [2.75, 3.05) is 0 Å². The number of rotatable bonds is 2. The lowest BCUT2D eigenvalue weighted by Gasteiger charge is -2.00. The van der Waals surface area contributed by atoms with Gasteiger partial charge in [-0.1, -0.05) is 15.9 Å². The van der Waals surface area contributed by atoms with Crippen LogP contribution in [0.4, 0.5) is 5.69 Å². The summed E-state index contributed by atoms with van der Waals surface area (Å²) in [6.45, 7) is 2.05. The number of amidine groups is 1. The van der Waals surface area contributed by atoms with Crippen LogP contribution in [-0.4, -0.2) is 5.84 Å². The fourth-order valence-electron chi connectivity index (χ4n) is 1.40. The van der Waals surface area contributed by atoms with E-state index in [1.54, 1.807) is 0 Å². The first-order chi connectivity index (χ1) is 6.65. The number of aryl methyl sites for hydroxylation is 1. The summed E-state index contributed by atoms with van der Waals surface area (Å²) in [5.41, 5.74) is 7.99. The van der Waals surface area contributed by atoms with Crippen molar-refractivity contribution in [1.82, 2.24) is 0 Å². The van der Waals surface area contributed by atoms with Crippen LogP contribution in [-0.2, 0) is 0 Å². The normalized spacial score (nSPS) is 17.1. The van der Waals surface area contributed by atoms with Crippen molar-refractivity contribution in [1.29, 1.82) is 0 Å². The van der Waals surface area contributed by atoms with E-state index in [1.165, 1.54) is 18.4 Å². The predicted molar refractivity (Wildman–Crippen MR) is 62.9 cm³/mol. The van der Waals surface area contributed by atoms with E-state index in [-0.39, 0.29) is 0 Å². The Bertz CT molecular complexity index is 361. The van der Waals surface area contributed by atoms with Crippen LogP contribution in [0.25, 0.3) is 0 Å². The van der Waals surface area contributed by atoms with Crippen molar-refractivity contribution in [2.24, 2.45) is 16.6 Å². The lowest BCUT2D eigenvalue weighted by Crippen LogP contribution is -2.12. The molecule has 0 aromatic heterocycles. The van der Waals surface area contributed by atoms with Gasteiger partial charge in [-0.25, -0.2) is 4.99 Å². The average Bonchev–Trinajstić information content (AvgIpc) is 2.82. The van der Waals surface area contributed by atoms with Gasteiger partial charge in [0.1, 0.15) is 5.84 Å². The summed E-state index contributed by atoms with van der Waals surface area (Å²) in [6.07, 6.45) is 2.39. The van der Waals surface area contributed by atoms with Crippen LogP contribution in [0.15, 0.2) is 27.7 Å². The summed E-state index contributed by atoms with van der Waals surface area (Å²) in [5.74, 6) is 1.32. The first-order valence-electron chi connectivity index (χ1n) is 4.76. The fraction of sp³-hybridized carbons (Fsp3) is 0.364. The molecule has 2 N–H and O–H groups in total. The maximum atomic E-state index is 5.85. The highest BCUT2D eigenvalue weighted by Crippen LogP contribution is 2.30. The van der Waals surface area contributed by atoms with E-state index < -0.39 is 0 Å². The van der Waals surface area contributed by atoms with E-state index >= 15 is 0 Å². The van der Waals surface area contributed by atoms with Gasteiger partial charge in [0, 0.05) is 10.4 Å². The first-order valence-corrected chi connectivity index (χ1v) is 5.56. The van der Waals surface area contributed by atoms with E-state index in [0.717, 1.165) is 16.0 Å². The molecule has 1 aliphatic carbocycles. The number of hydrogen-bond acceptors (Lipinski definition) is 1. The molecule has 0 radical (unpaired) electrons. The molecule has 0 aliphatic heterocycles. The van der Waals surface area contributed by atoms with Gasteiger partial charge in [0.15, 0.2) is 0 Å². The minimum atomic E-state index is 0.536. The predicted octanol–water partition coefficient (Wildman–Crippen LogP) is 3.16. The quantitative estimate of drug-likeness (QED) is 0.638. The van der Waals surface area contributed by atoms with Gasteiger partial charge in [0.2, 0.25) is 0 Å². The Kier molecular flexibility index (Phi) is 2.59. The first kappa shape index (κ1) is 9.71. The van der Waals surface area contributed by atoms with Crippen LogP contribution < -0.4 is 5.73 Å². The van der Waals surface area contributed by atoms with Gasteiger partial charge in [0.25, 0.3) is 0 Å². The maximum absolute atomic E-state index is 5.85. The SMILES string of the molecule is Cc1cc(Br)cc(N=C(N)C2CC2)c1. The maximum Gasteiger partial charge on any atom is 0.103 e. The third-order valence-corrected chi connectivity index (χ3v) is 2.74. The lowest BCUT2D eigenvalue weighted by molar-refractivity contribution is 1.15. The molecule has 0 saturated heterocycles. The summed E-state index contributed by atoms with van der Waals surface area (Å²) < 4.78 is 1.06. The largest absolute Gasteiger partial charge is 0.387 e. The van der Waals surface area contributed by atoms with Gasteiger partial charge in [-0.05, 0) is 43.5 Å². The van der Waals surface area contributed by atoms with Crippen molar-refractivity contribution < 1.29 is 0 Å². The van der Waals surface area contributed by atoms with Gasteiger partial charge in [-0.2, -0.15) is 0 Å². The average molecular weight is 253 g/mol. The van der Waals surface area contributed by atoms with E-state index in [9.17, 15) is 0 Å². The molecule has 3 heteroatoms. The van der Waals surface area contributed by atoms with Crippen LogP contribution in [0.1, 0.15) is 18.4 Å². The molecule has 1 aromatic rings. The second kappa shape index (κ2) is 3.73. The molecular formula is C11H13BrN2. The Morgan fingerprint density at radius 1 is 1.43 bits per heavy atom. The van der Waals surface area contributed by atoms with Gasteiger partial charge in [-0.3, -0.25) is 0 Å². The Morgan fingerprint density at radius 2 is 2.14 bits per heavy atom.